The van der Waals surface area contributed by atoms with E-state index in [1.165, 1.54) is 65.7 Å². The van der Waals surface area contributed by atoms with Gasteiger partial charge >= 0.3 is 0 Å². The molecule has 0 aromatic heterocycles. The highest BCUT2D eigenvalue weighted by atomic mass is 15.1. The minimum Gasteiger partial charge on any atom is -0.309 e. The minimum absolute atomic E-state index is 1.12. The smallest absolute Gasteiger partial charge is 0.0540 e. The van der Waals surface area contributed by atoms with Crippen LogP contribution in [-0.2, 0) is 0 Å². The highest BCUT2D eigenvalue weighted by Crippen LogP contribution is 2.49. The molecule has 0 saturated heterocycles. The van der Waals surface area contributed by atoms with E-state index in [0.717, 1.165) is 17.1 Å². The van der Waals surface area contributed by atoms with E-state index < -0.39 is 0 Å². The summed E-state index contributed by atoms with van der Waals surface area (Å²) in [6, 6.07) is 72.6. The minimum atomic E-state index is 1.12. The van der Waals surface area contributed by atoms with Gasteiger partial charge in [0.2, 0.25) is 0 Å². The molecule has 0 atom stereocenters. The van der Waals surface area contributed by atoms with Gasteiger partial charge in [-0.05, 0) is 67.2 Å². The first-order valence-corrected chi connectivity index (χ1v) is 16.9. The fraction of sp³-hybridized carbons (Fsp3) is 0. The van der Waals surface area contributed by atoms with Crippen LogP contribution in [0.15, 0.2) is 200 Å². The second-order valence-electron chi connectivity index (χ2n) is 12.5. The summed E-state index contributed by atoms with van der Waals surface area (Å²) < 4.78 is 0. The zero-order chi connectivity index (χ0) is 32.6. The van der Waals surface area contributed by atoms with Crippen LogP contribution < -0.4 is 4.90 Å². The van der Waals surface area contributed by atoms with Crippen LogP contribution in [0.4, 0.5) is 17.1 Å². The molecule has 9 aromatic carbocycles. The lowest BCUT2D eigenvalue weighted by Gasteiger charge is -2.32. The Balaban J connectivity index is 1.37. The fourth-order valence-electron chi connectivity index (χ4n) is 7.46. The Bertz CT molecular complexity index is 2320. The second kappa shape index (κ2) is 12.3. The van der Waals surface area contributed by atoms with Gasteiger partial charge in [-0.25, -0.2) is 0 Å². The summed E-state index contributed by atoms with van der Waals surface area (Å²) in [5.41, 5.74) is 10.5. The molecule has 0 N–H and O–H groups in total. The molecule has 1 nitrogen and oxygen atoms in total. The van der Waals surface area contributed by atoms with E-state index in [2.05, 4.69) is 205 Å². The van der Waals surface area contributed by atoms with Crippen molar-refractivity contribution < 1.29 is 0 Å². The third-order valence-electron chi connectivity index (χ3n) is 9.67. The predicted octanol–water partition coefficient (Wildman–Crippen LogP) is 13.6. The van der Waals surface area contributed by atoms with Crippen molar-refractivity contribution in [3.8, 4) is 33.4 Å². The maximum absolute atomic E-state index is 2.49. The van der Waals surface area contributed by atoms with Crippen molar-refractivity contribution in [1.82, 2.24) is 0 Å². The molecule has 0 unspecified atom stereocenters. The molecule has 0 amide bonds. The molecule has 0 bridgehead atoms. The molecule has 0 radical (unpaired) electrons. The predicted molar refractivity (Wildman–Crippen MR) is 210 cm³/mol. The van der Waals surface area contributed by atoms with Gasteiger partial charge in [0.25, 0.3) is 0 Å². The molecular formula is C48H33N. The first-order valence-electron chi connectivity index (χ1n) is 16.9. The molecule has 9 aromatic rings. The Morgan fingerprint density at radius 2 is 0.449 bits per heavy atom. The third kappa shape index (κ3) is 5.04. The zero-order valence-electron chi connectivity index (χ0n) is 27.0. The van der Waals surface area contributed by atoms with Crippen molar-refractivity contribution in [2.75, 3.05) is 4.90 Å². The Morgan fingerprint density at radius 3 is 0.796 bits per heavy atom. The monoisotopic (exact) mass is 623 g/mol. The molecule has 0 aliphatic heterocycles. The summed E-state index contributed by atoms with van der Waals surface area (Å²) in [7, 11) is 0. The molecule has 230 valence electrons. The molecule has 0 aliphatic rings. The van der Waals surface area contributed by atoms with Crippen molar-refractivity contribution in [2.45, 2.75) is 0 Å². The molecule has 1 heteroatoms. The van der Waals surface area contributed by atoms with Crippen molar-refractivity contribution in [2.24, 2.45) is 0 Å². The molecule has 0 fully saturated rings. The van der Waals surface area contributed by atoms with Crippen LogP contribution >= 0.6 is 0 Å². The maximum Gasteiger partial charge on any atom is 0.0540 e. The Hall–Kier alpha value is -6.44. The lowest BCUT2D eigenvalue weighted by molar-refractivity contribution is 1.29. The Morgan fingerprint density at radius 1 is 0.204 bits per heavy atom. The Labute approximate surface area is 287 Å². The number of hydrogen-bond acceptors (Lipinski definition) is 1. The van der Waals surface area contributed by atoms with Crippen LogP contribution in [0.2, 0.25) is 0 Å². The zero-order valence-corrected chi connectivity index (χ0v) is 27.0. The third-order valence-corrected chi connectivity index (χ3v) is 9.67. The van der Waals surface area contributed by atoms with E-state index in [1.54, 1.807) is 0 Å². The van der Waals surface area contributed by atoms with Crippen molar-refractivity contribution in [1.29, 1.82) is 0 Å². The lowest BCUT2D eigenvalue weighted by atomic mass is 9.92. The van der Waals surface area contributed by atoms with Crippen LogP contribution in [0.5, 0.6) is 0 Å². The second-order valence-corrected chi connectivity index (χ2v) is 12.5. The van der Waals surface area contributed by atoms with Crippen LogP contribution in [0.1, 0.15) is 0 Å². The summed E-state index contributed by atoms with van der Waals surface area (Å²) in [5, 5.41) is 7.40. The van der Waals surface area contributed by atoms with E-state index >= 15 is 0 Å². The summed E-state index contributed by atoms with van der Waals surface area (Å²) in [6.07, 6.45) is 0. The number of benzene rings is 9. The van der Waals surface area contributed by atoms with E-state index in [0.29, 0.717) is 0 Å². The molecule has 0 saturated carbocycles. The molecule has 0 aliphatic carbocycles. The summed E-state index contributed by atoms with van der Waals surface area (Å²) in [6.45, 7) is 0. The molecule has 0 spiro atoms. The number of hydrogen-bond donors (Lipinski definition) is 0. The van der Waals surface area contributed by atoms with Gasteiger partial charge in [-0.3, -0.25) is 0 Å². The highest BCUT2D eigenvalue weighted by Gasteiger charge is 2.24. The molecule has 0 heterocycles. The summed E-state index contributed by atoms with van der Waals surface area (Å²) in [5.74, 6) is 0. The van der Waals surface area contributed by atoms with Crippen LogP contribution in [0.3, 0.4) is 0 Å². The number of fused-ring (bicyclic) bond motifs is 3. The van der Waals surface area contributed by atoms with Gasteiger partial charge in [0, 0.05) is 16.7 Å². The normalized spacial score (nSPS) is 11.3. The number of nitrogens with zero attached hydrogens (tertiary/aromatic N) is 1. The van der Waals surface area contributed by atoms with Gasteiger partial charge in [-0.1, -0.05) is 182 Å². The number of anilines is 3. The average Bonchev–Trinajstić information content (AvgIpc) is 3.18. The fourth-order valence-corrected chi connectivity index (χ4v) is 7.46. The lowest BCUT2D eigenvalue weighted by Crippen LogP contribution is -2.13. The summed E-state index contributed by atoms with van der Waals surface area (Å²) in [4.78, 5) is 2.49. The topological polar surface area (TPSA) is 3.24 Å². The van der Waals surface area contributed by atoms with Gasteiger partial charge in [0.1, 0.15) is 0 Å². The van der Waals surface area contributed by atoms with Crippen molar-refractivity contribution in [3.63, 3.8) is 0 Å². The van der Waals surface area contributed by atoms with Crippen LogP contribution in [0.25, 0.3) is 65.7 Å². The number of para-hydroxylation sites is 3. The van der Waals surface area contributed by atoms with Gasteiger partial charge < -0.3 is 4.90 Å². The number of rotatable bonds is 6. The SMILES string of the molecule is c1ccc(N(c2ccccc2-c2cccc3ccccc23)c2ccccc2-c2cccc3ccccc23)c(-c2cccc3ccccc23)c1. The van der Waals surface area contributed by atoms with Gasteiger partial charge in [-0.15, -0.1) is 0 Å². The van der Waals surface area contributed by atoms with E-state index in [1.807, 2.05) is 0 Å². The first kappa shape index (κ1) is 28.8. The van der Waals surface area contributed by atoms with Gasteiger partial charge in [-0.2, -0.15) is 0 Å². The van der Waals surface area contributed by atoms with E-state index in [-0.39, 0.29) is 0 Å². The first-order chi connectivity index (χ1) is 24.3. The van der Waals surface area contributed by atoms with Crippen molar-refractivity contribution in [3.05, 3.63) is 200 Å². The molecule has 49 heavy (non-hydrogen) atoms. The van der Waals surface area contributed by atoms with Gasteiger partial charge in [0.05, 0.1) is 17.1 Å². The van der Waals surface area contributed by atoms with E-state index in [4.69, 9.17) is 0 Å². The van der Waals surface area contributed by atoms with Crippen LogP contribution in [-0.4, -0.2) is 0 Å². The Kier molecular flexibility index (Phi) is 7.22. The largest absolute Gasteiger partial charge is 0.309 e. The van der Waals surface area contributed by atoms with Gasteiger partial charge in [0.15, 0.2) is 0 Å². The average molecular weight is 624 g/mol. The standard InChI is InChI=1S/C48H33N/c1-4-22-37-34(16-1)19-13-28-40(37)43-25-7-10-31-46(43)49(47-32-11-8-26-44(47)41-29-14-20-35-17-2-5-23-38(35)41)48-33-12-9-27-45(48)42-30-15-21-36-18-3-6-24-39(36)42/h1-33H. The quantitative estimate of drug-likeness (QED) is 0.178. The van der Waals surface area contributed by atoms with Crippen LogP contribution in [0, 0.1) is 0 Å². The summed E-state index contributed by atoms with van der Waals surface area (Å²) >= 11 is 0. The molecular weight excluding hydrogens is 591 g/mol. The maximum atomic E-state index is 2.49. The van der Waals surface area contributed by atoms with Crippen molar-refractivity contribution >= 4 is 49.4 Å². The van der Waals surface area contributed by atoms with E-state index in [9.17, 15) is 0 Å². The molecule has 9 rings (SSSR count). The highest BCUT2D eigenvalue weighted by molar-refractivity contribution is 6.07.